The van der Waals surface area contributed by atoms with Crippen LogP contribution < -0.4 is 17.0 Å². The van der Waals surface area contributed by atoms with Crippen LogP contribution >= 0.6 is 0 Å². The molecule has 0 saturated heterocycles. The van der Waals surface area contributed by atoms with E-state index in [0.29, 0.717) is 0 Å². The Morgan fingerprint density at radius 3 is 1.58 bits per heavy atom. The maximum Gasteiger partial charge on any atom is 0.133 e. The van der Waals surface area contributed by atoms with Crippen LogP contribution in [0.2, 0.25) is 0 Å². The minimum atomic E-state index is -0.225. The lowest BCUT2D eigenvalue weighted by atomic mass is 10.5. The van der Waals surface area contributed by atoms with Gasteiger partial charge in [-0.25, -0.2) is 0 Å². The van der Waals surface area contributed by atoms with Crippen molar-refractivity contribution in [2.24, 2.45) is 0 Å². The van der Waals surface area contributed by atoms with Crippen LogP contribution in [0.15, 0.2) is 0 Å². The van der Waals surface area contributed by atoms with E-state index in [1.165, 1.54) is 0 Å². The monoisotopic (exact) mass is 258 g/mol. The van der Waals surface area contributed by atoms with Crippen molar-refractivity contribution in [3.05, 3.63) is 0 Å². The first-order chi connectivity index (χ1) is 5.06. The Morgan fingerprint density at radius 2 is 1.42 bits per heavy atom. The largest absolute Gasteiger partial charge is 1.00 e. The molecule has 0 aromatic carbocycles. The molecule has 76 valence electrons. The van der Waals surface area contributed by atoms with Crippen LogP contribution in [0.3, 0.4) is 0 Å². The summed E-state index contributed by atoms with van der Waals surface area (Å²) in [6, 6.07) is 0. The highest BCUT2D eigenvalue weighted by Crippen LogP contribution is 2.02. The topological polar surface area (TPSA) is 40.5 Å². The molecular weight excluding hydrogens is 240 g/mol. The molecule has 4 heteroatoms. The number of hydrogen-bond donors (Lipinski definition) is 2. The molecule has 0 aromatic heterocycles. The Bertz CT molecular complexity index is 89.1. The summed E-state index contributed by atoms with van der Waals surface area (Å²) in [5.41, 5.74) is 0. The van der Waals surface area contributed by atoms with Gasteiger partial charge < -0.3 is 27.2 Å². The number of halogens is 1. The van der Waals surface area contributed by atoms with E-state index in [4.69, 9.17) is 10.2 Å². The van der Waals surface area contributed by atoms with Crippen LogP contribution in [0, 0.1) is 0 Å². The standard InChI is InChI=1S/C8H19O2S.BrH/c1-4-11(5-7(2)9)6-8(3)10;/h7-10H,4-6H2,1-3H3;1H/q+1;/p-1. The van der Waals surface area contributed by atoms with E-state index in [1.807, 2.05) is 0 Å². The third-order valence-corrected chi connectivity index (χ3v) is 4.09. The van der Waals surface area contributed by atoms with Crippen LogP contribution in [0.25, 0.3) is 0 Å². The van der Waals surface area contributed by atoms with Crippen molar-refractivity contribution >= 4 is 10.9 Å². The smallest absolute Gasteiger partial charge is 0.133 e. The molecule has 0 rings (SSSR count). The molecule has 0 heterocycles. The Balaban J connectivity index is 0. The van der Waals surface area contributed by atoms with Crippen molar-refractivity contribution in [2.75, 3.05) is 17.3 Å². The summed E-state index contributed by atoms with van der Waals surface area (Å²) in [7, 11) is 0.208. The molecule has 2 nitrogen and oxygen atoms in total. The number of aliphatic hydroxyl groups excluding tert-OH is 2. The Kier molecular flexibility index (Phi) is 10.6. The maximum atomic E-state index is 9.09. The van der Waals surface area contributed by atoms with Crippen molar-refractivity contribution in [3.8, 4) is 0 Å². The van der Waals surface area contributed by atoms with Gasteiger partial charge in [0, 0.05) is 0 Å². The number of rotatable bonds is 5. The molecule has 2 N–H and O–H groups in total. The lowest BCUT2D eigenvalue weighted by Crippen LogP contribution is -3.00. The van der Waals surface area contributed by atoms with Crippen LogP contribution in [0.1, 0.15) is 20.8 Å². The quantitative estimate of drug-likeness (QED) is 0.531. The van der Waals surface area contributed by atoms with Gasteiger partial charge in [-0.2, -0.15) is 0 Å². The average molecular weight is 259 g/mol. The Hall–Kier alpha value is 0.750. The van der Waals surface area contributed by atoms with Crippen LogP contribution in [-0.4, -0.2) is 39.7 Å². The fourth-order valence-corrected chi connectivity index (χ4v) is 2.96. The molecule has 0 saturated carbocycles. The SMILES string of the molecule is CC[S+](CC(C)O)CC(C)O.[Br-]. The summed E-state index contributed by atoms with van der Waals surface area (Å²) in [6.07, 6.45) is -0.450. The zero-order valence-electron chi connectivity index (χ0n) is 7.96. The minimum absolute atomic E-state index is 0. The van der Waals surface area contributed by atoms with Gasteiger partial charge in [0.1, 0.15) is 17.3 Å². The first-order valence-corrected chi connectivity index (χ1v) is 5.79. The Labute approximate surface area is 88.5 Å². The summed E-state index contributed by atoms with van der Waals surface area (Å²) in [4.78, 5) is 0. The first kappa shape index (κ1) is 15.2. The van der Waals surface area contributed by atoms with Crippen LogP contribution in [-0.2, 0) is 10.9 Å². The molecule has 0 amide bonds. The second-order valence-corrected chi connectivity index (χ2v) is 5.40. The second-order valence-electron chi connectivity index (χ2n) is 2.93. The van der Waals surface area contributed by atoms with E-state index in [0.717, 1.165) is 17.3 Å². The van der Waals surface area contributed by atoms with Gasteiger partial charge in [-0.1, -0.05) is 0 Å². The number of aliphatic hydroxyl groups is 2. The lowest BCUT2D eigenvalue weighted by molar-refractivity contribution is -0.00000713. The summed E-state index contributed by atoms with van der Waals surface area (Å²) in [5.74, 6) is 2.73. The highest BCUT2D eigenvalue weighted by molar-refractivity contribution is 7.96. The van der Waals surface area contributed by atoms with E-state index in [2.05, 4.69) is 6.92 Å². The van der Waals surface area contributed by atoms with Gasteiger partial charge >= 0.3 is 0 Å². The second kappa shape index (κ2) is 8.35. The lowest BCUT2D eigenvalue weighted by Gasteiger charge is -2.09. The van der Waals surface area contributed by atoms with Gasteiger partial charge in [-0.05, 0) is 31.7 Å². The normalized spacial score (nSPS) is 17.8. The average Bonchev–Trinajstić information content (AvgIpc) is 1.84. The zero-order valence-corrected chi connectivity index (χ0v) is 10.4. The van der Waals surface area contributed by atoms with E-state index >= 15 is 0 Å². The van der Waals surface area contributed by atoms with E-state index in [-0.39, 0.29) is 40.1 Å². The highest BCUT2D eigenvalue weighted by Gasteiger charge is 2.20. The summed E-state index contributed by atoms with van der Waals surface area (Å²) < 4.78 is 0. The van der Waals surface area contributed by atoms with Crippen LogP contribution in [0.4, 0.5) is 0 Å². The van der Waals surface area contributed by atoms with E-state index in [1.54, 1.807) is 13.8 Å². The molecular formula is C8H19BrO2S. The van der Waals surface area contributed by atoms with Gasteiger partial charge in [-0.15, -0.1) is 0 Å². The molecule has 0 aliphatic heterocycles. The molecule has 12 heavy (non-hydrogen) atoms. The van der Waals surface area contributed by atoms with Crippen molar-refractivity contribution < 1.29 is 27.2 Å². The molecule has 0 spiro atoms. The fraction of sp³-hybridized carbons (Fsp3) is 1.00. The number of hydrogen-bond acceptors (Lipinski definition) is 2. The van der Waals surface area contributed by atoms with Crippen molar-refractivity contribution in [2.45, 2.75) is 33.0 Å². The predicted molar refractivity (Wildman–Crippen MR) is 51.0 cm³/mol. The fourth-order valence-electron chi connectivity index (χ4n) is 0.986. The molecule has 0 radical (unpaired) electrons. The highest BCUT2D eigenvalue weighted by atomic mass is 79.9. The van der Waals surface area contributed by atoms with E-state index < -0.39 is 0 Å². The van der Waals surface area contributed by atoms with Gasteiger partial charge in [-0.3, -0.25) is 0 Å². The third-order valence-electron chi connectivity index (χ3n) is 1.36. The molecule has 0 aromatic rings. The van der Waals surface area contributed by atoms with Crippen molar-refractivity contribution in [1.82, 2.24) is 0 Å². The van der Waals surface area contributed by atoms with Gasteiger partial charge in [0.2, 0.25) is 0 Å². The van der Waals surface area contributed by atoms with Crippen molar-refractivity contribution in [1.29, 1.82) is 0 Å². The van der Waals surface area contributed by atoms with E-state index in [9.17, 15) is 0 Å². The summed E-state index contributed by atoms with van der Waals surface area (Å²) in [5, 5.41) is 18.2. The summed E-state index contributed by atoms with van der Waals surface area (Å²) >= 11 is 0. The molecule has 2 unspecified atom stereocenters. The molecule has 0 aliphatic carbocycles. The van der Waals surface area contributed by atoms with Crippen molar-refractivity contribution in [3.63, 3.8) is 0 Å². The van der Waals surface area contributed by atoms with Crippen LogP contribution in [0.5, 0.6) is 0 Å². The predicted octanol–water partition coefficient (Wildman–Crippen LogP) is -2.61. The van der Waals surface area contributed by atoms with Gasteiger partial charge in [0.05, 0.1) is 12.2 Å². The minimum Gasteiger partial charge on any atom is -1.00 e. The summed E-state index contributed by atoms with van der Waals surface area (Å²) in [6.45, 7) is 5.71. The molecule has 0 bridgehead atoms. The first-order valence-electron chi connectivity index (χ1n) is 4.06. The maximum absolute atomic E-state index is 9.09. The van der Waals surface area contributed by atoms with Gasteiger partial charge in [0.25, 0.3) is 0 Å². The molecule has 0 aliphatic rings. The van der Waals surface area contributed by atoms with Gasteiger partial charge in [0.15, 0.2) is 0 Å². The molecule has 0 fully saturated rings. The molecule has 2 atom stereocenters. The Morgan fingerprint density at radius 1 is 1.08 bits per heavy atom. The zero-order chi connectivity index (χ0) is 8.85. The third kappa shape index (κ3) is 8.84.